The Bertz CT molecular complexity index is 281. The molecule has 0 saturated carbocycles. The molecule has 0 spiro atoms. The van der Waals surface area contributed by atoms with Gasteiger partial charge in [-0.05, 0) is 35.7 Å². The zero-order valence-corrected chi connectivity index (χ0v) is 12.7. The molecule has 0 amide bonds. The maximum atomic E-state index is 9.21. The highest BCUT2D eigenvalue weighted by Crippen LogP contribution is 2.35. The van der Waals surface area contributed by atoms with Crippen LogP contribution < -0.4 is 0 Å². The van der Waals surface area contributed by atoms with Gasteiger partial charge in [0.1, 0.15) is 0 Å². The lowest BCUT2D eigenvalue weighted by Gasteiger charge is -2.22. The molecule has 18 heavy (non-hydrogen) atoms. The molecule has 0 radical (unpaired) electrons. The number of aliphatic hydroxyl groups is 1. The van der Waals surface area contributed by atoms with E-state index < -0.39 is 0 Å². The average Bonchev–Trinajstić information content (AvgIpc) is 2.45. The summed E-state index contributed by atoms with van der Waals surface area (Å²) in [6.45, 7) is 12.2. The molecule has 3 unspecified atom stereocenters. The van der Waals surface area contributed by atoms with Crippen LogP contribution in [-0.4, -0.2) is 18.3 Å². The van der Waals surface area contributed by atoms with Crippen LogP contribution in [0.15, 0.2) is 11.8 Å². The second-order valence-corrected chi connectivity index (χ2v) is 6.73. The van der Waals surface area contributed by atoms with Gasteiger partial charge in [-0.1, -0.05) is 41.0 Å². The molecule has 1 aliphatic rings. The van der Waals surface area contributed by atoms with Gasteiger partial charge in [0, 0.05) is 13.0 Å². The number of ether oxygens (including phenoxy) is 1. The van der Waals surface area contributed by atoms with Gasteiger partial charge >= 0.3 is 0 Å². The summed E-state index contributed by atoms with van der Waals surface area (Å²) < 4.78 is 5.99. The van der Waals surface area contributed by atoms with Crippen molar-refractivity contribution in [2.24, 2.45) is 23.2 Å². The Morgan fingerprint density at radius 3 is 2.61 bits per heavy atom. The molecule has 106 valence electrons. The Balaban J connectivity index is 2.67. The lowest BCUT2D eigenvalue weighted by atomic mass is 9.81. The average molecular weight is 254 g/mol. The van der Waals surface area contributed by atoms with Gasteiger partial charge in [-0.25, -0.2) is 0 Å². The van der Waals surface area contributed by atoms with E-state index in [-0.39, 0.29) is 12.0 Å². The van der Waals surface area contributed by atoms with Gasteiger partial charge < -0.3 is 9.84 Å². The third-order valence-electron chi connectivity index (χ3n) is 4.23. The maximum Gasteiger partial charge on any atom is 0.0928 e. The molecule has 2 heteroatoms. The van der Waals surface area contributed by atoms with Crippen molar-refractivity contribution in [3.05, 3.63) is 11.8 Å². The van der Waals surface area contributed by atoms with E-state index in [1.807, 2.05) is 0 Å². The molecule has 0 fully saturated rings. The van der Waals surface area contributed by atoms with E-state index in [9.17, 15) is 5.11 Å². The first kappa shape index (κ1) is 15.6. The summed E-state index contributed by atoms with van der Waals surface area (Å²) in [5.74, 6) is 2.60. The van der Waals surface area contributed by atoms with E-state index >= 15 is 0 Å². The minimum absolute atomic E-state index is 0.231. The fourth-order valence-electron chi connectivity index (χ4n) is 2.64. The fraction of sp³-hybridized carbons (Fsp3) is 0.875. The highest BCUT2D eigenvalue weighted by atomic mass is 16.5. The summed E-state index contributed by atoms with van der Waals surface area (Å²) in [7, 11) is 0. The van der Waals surface area contributed by atoms with Gasteiger partial charge in [0.05, 0.1) is 12.4 Å². The fourth-order valence-corrected chi connectivity index (χ4v) is 2.64. The highest BCUT2D eigenvalue weighted by molar-refractivity contribution is 5.05. The van der Waals surface area contributed by atoms with E-state index in [0.29, 0.717) is 17.8 Å². The van der Waals surface area contributed by atoms with Crippen LogP contribution in [0.25, 0.3) is 0 Å². The first-order valence-electron chi connectivity index (χ1n) is 7.33. The van der Waals surface area contributed by atoms with Crippen LogP contribution in [0.1, 0.15) is 53.9 Å². The topological polar surface area (TPSA) is 29.5 Å². The Morgan fingerprint density at radius 1 is 1.39 bits per heavy atom. The largest absolute Gasteiger partial charge is 0.498 e. The predicted octanol–water partition coefficient (Wildman–Crippen LogP) is 4.00. The summed E-state index contributed by atoms with van der Waals surface area (Å²) in [4.78, 5) is 0. The van der Waals surface area contributed by atoms with Crippen molar-refractivity contribution in [3.8, 4) is 0 Å². The Labute approximate surface area is 112 Å². The van der Waals surface area contributed by atoms with Crippen molar-refractivity contribution in [1.29, 1.82) is 0 Å². The van der Waals surface area contributed by atoms with Crippen molar-refractivity contribution in [1.82, 2.24) is 0 Å². The molecule has 2 nitrogen and oxygen atoms in total. The van der Waals surface area contributed by atoms with Crippen LogP contribution in [-0.2, 0) is 4.74 Å². The Hall–Kier alpha value is -0.500. The molecule has 1 heterocycles. The van der Waals surface area contributed by atoms with Gasteiger partial charge in [-0.3, -0.25) is 0 Å². The minimum Gasteiger partial charge on any atom is -0.498 e. The molecule has 0 saturated heterocycles. The zero-order chi connectivity index (χ0) is 13.8. The summed E-state index contributed by atoms with van der Waals surface area (Å²) in [5.41, 5.74) is 0.231. The summed E-state index contributed by atoms with van der Waals surface area (Å²) in [6.07, 6.45) is 5.65. The SMILES string of the molecule is CCC1COC(CC(C)C(C)CO)=CC(C)(C)C1. The van der Waals surface area contributed by atoms with Crippen molar-refractivity contribution in [2.75, 3.05) is 13.2 Å². The first-order chi connectivity index (χ1) is 8.38. The highest BCUT2D eigenvalue weighted by Gasteiger charge is 2.26. The van der Waals surface area contributed by atoms with E-state index in [0.717, 1.165) is 18.8 Å². The first-order valence-corrected chi connectivity index (χ1v) is 7.33. The van der Waals surface area contributed by atoms with Crippen LogP contribution in [0.3, 0.4) is 0 Å². The van der Waals surface area contributed by atoms with Crippen LogP contribution >= 0.6 is 0 Å². The monoisotopic (exact) mass is 254 g/mol. The molecule has 1 N–H and O–H groups in total. The lowest BCUT2D eigenvalue weighted by Crippen LogP contribution is -2.14. The zero-order valence-electron chi connectivity index (χ0n) is 12.7. The molecular weight excluding hydrogens is 224 g/mol. The van der Waals surface area contributed by atoms with E-state index in [1.54, 1.807) is 0 Å². The molecule has 0 aromatic heterocycles. The van der Waals surface area contributed by atoms with Crippen molar-refractivity contribution >= 4 is 0 Å². The smallest absolute Gasteiger partial charge is 0.0928 e. The molecule has 0 aromatic carbocycles. The van der Waals surface area contributed by atoms with Gasteiger partial charge in [-0.2, -0.15) is 0 Å². The third kappa shape index (κ3) is 4.64. The predicted molar refractivity (Wildman–Crippen MR) is 76.2 cm³/mol. The van der Waals surface area contributed by atoms with Crippen molar-refractivity contribution in [3.63, 3.8) is 0 Å². The number of hydrogen-bond donors (Lipinski definition) is 1. The molecule has 1 rings (SSSR count). The Morgan fingerprint density at radius 2 is 2.06 bits per heavy atom. The van der Waals surface area contributed by atoms with Gasteiger partial charge in [0.2, 0.25) is 0 Å². The molecular formula is C16H30O2. The number of rotatable bonds is 5. The van der Waals surface area contributed by atoms with E-state index in [2.05, 4.69) is 40.7 Å². The second kappa shape index (κ2) is 6.60. The molecule has 0 aliphatic carbocycles. The van der Waals surface area contributed by atoms with E-state index in [1.165, 1.54) is 12.8 Å². The van der Waals surface area contributed by atoms with Gasteiger partial charge in [0.25, 0.3) is 0 Å². The molecule has 0 bridgehead atoms. The van der Waals surface area contributed by atoms with Crippen LogP contribution in [0.2, 0.25) is 0 Å². The normalized spacial score (nSPS) is 26.8. The Kier molecular flexibility index (Phi) is 5.71. The summed E-state index contributed by atoms with van der Waals surface area (Å²) in [5, 5.41) is 9.21. The van der Waals surface area contributed by atoms with Gasteiger partial charge in [0.15, 0.2) is 0 Å². The quantitative estimate of drug-likeness (QED) is 0.803. The second-order valence-electron chi connectivity index (χ2n) is 6.73. The maximum absolute atomic E-state index is 9.21. The van der Waals surface area contributed by atoms with Gasteiger partial charge in [-0.15, -0.1) is 0 Å². The third-order valence-corrected chi connectivity index (χ3v) is 4.23. The van der Waals surface area contributed by atoms with Crippen LogP contribution in [0.5, 0.6) is 0 Å². The number of hydrogen-bond acceptors (Lipinski definition) is 2. The van der Waals surface area contributed by atoms with Crippen molar-refractivity contribution in [2.45, 2.75) is 53.9 Å². The number of allylic oxidation sites excluding steroid dienone is 2. The van der Waals surface area contributed by atoms with Crippen molar-refractivity contribution < 1.29 is 9.84 Å². The van der Waals surface area contributed by atoms with E-state index in [4.69, 9.17) is 4.74 Å². The van der Waals surface area contributed by atoms with Crippen LogP contribution in [0.4, 0.5) is 0 Å². The molecule has 1 aliphatic heterocycles. The minimum atomic E-state index is 0.231. The lowest BCUT2D eigenvalue weighted by molar-refractivity contribution is 0.134. The number of aliphatic hydroxyl groups excluding tert-OH is 1. The summed E-state index contributed by atoms with van der Waals surface area (Å²) in [6, 6.07) is 0. The standard InChI is InChI=1S/C16H30O2/c1-6-14-8-16(4,5)9-15(18-11-14)7-12(2)13(3)10-17/h9,12-14,17H,6-8,10-11H2,1-5H3. The van der Waals surface area contributed by atoms with Crippen LogP contribution in [0, 0.1) is 23.2 Å². The summed E-state index contributed by atoms with van der Waals surface area (Å²) >= 11 is 0. The molecule has 3 atom stereocenters. The molecule has 0 aromatic rings.